The lowest BCUT2D eigenvalue weighted by Gasteiger charge is -2.38. The van der Waals surface area contributed by atoms with Gasteiger partial charge in [0.15, 0.2) is 5.82 Å². The van der Waals surface area contributed by atoms with Crippen LogP contribution in [0.15, 0.2) is 53.5 Å². The second-order valence-corrected chi connectivity index (χ2v) is 23.2. The van der Waals surface area contributed by atoms with Crippen molar-refractivity contribution in [2.45, 2.75) is 113 Å². The van der Waals surface area contributed by atoms with E-state index in [2.05, 4.69) is 43.1 Å². The summed E-state index contributed by atoms with van der Waals surface area (Å²) < 4.78 is 48.0. The summed E-state index contributed by atoms with van der Waals surface area (Å²) in [6, 6.07) is 10.8. The summed E-state index contributed by atoms with van der Waals surface area (Å²) in [5, 5.41) is 25.2. The number of imidazole rings is 1. The van der Waals surface area contributed by atoms with E-state index in [-0.39, 0.29) is 94.9 Å². The number of β-amino-alcohol motifs (C(OH)–C–C–N with tert-alkyl or cyclic N) is 1. The summed E-state index contributed by atoms with van der Waals surface area (Å²) in [6.45, 7) is 7.99. The molecule has 6 aromatic rings. The fourth-order valence-electron chi connectivity index (χ4n) is 13.9. The average Bonchev–Trinajstić information content (AvgIpc) is 4.32. The first kappa shape index (κ1) is 52.5. The number of aryl methyl sites for hydroxylation is 1. The molecule has 0 bridgehead atoms. The Kier molecular flexibility index (Phi) is 13.8. The first-order valence-corrected chi connectivity index (χ1v) is 27.9. The van der Waals surface area contributed by atoms with Gasteiger partial charge in [-0.2, -0.15) is 9.97 Å². The number of hydrogen-bond acceptors (Lipinski definition) is 14. The lowest BCUT2D eigenvalue weighted by molar-refractivity contribution is -0.135. The number of piperidine rings is 4. The number of nitrogens with zero attached hydrogens (tertiary/aromatic N) is 9. The third-order valence-corrected chi connectivity index (χ3v) is 18.1. The fraction of sp³-hybridized carbons (Fsp3) is 0.508. The predicted molar refractivity (Wildman–Crippen MR) is 292 cm³/mol. The lowest BCUT2D eigenvalue weighted by Crippen LogP contribution is -2.49. The summed E-state index contributed by atoms with van der Waals surface area (Å²) in [5.41, 5.74) is 0.737. The van der Waals surface area contributed by atoms with Crippen LogP contribution in [0.4, 0.5) is 19.4 Å². The van der Waals surface area contributed by atoms with Gasteiger partial charge in [0.1, 0.15) is 47.9 Å². The highest BCUT2D eigenvalue weighted by molar-refractivity contribution is 6.03. The van der Waals surface area contributed by atoms with E-state index < -0.39 is 29.2 Å². The summed E-state index contributed by atoms with van der Waals surface area (Å²) in [6.07, 6.45) is 15.8. The van der Waals surface area contributed by atoms with Crippen molar-refractivity contribution in [3.8, 4) is 35.4 Å². The maximum atomic E-state index is 17.2. The van der Waals surface area contributed by atoms with Gasteiger partial charge in [0.05, 0.1) is 33.1 Å². The van der Waals surface area contributed by atoms with Crippen LogP contribution in [0.25, 0.3) is 44.0 Å². The molecule has 414 valence electrons. The topological polar surface area (TPSA) is 201 Å². The molecule has 6 aliphatic heterocycles. The van der Waals surface area contributed by atoms with Gasteiger partial charge >= 0.3 is 17.8 Å². The number of hydrogen-bond donors (Lipinski definition) is 3. The number of halogens is 2. The van der Waals surface area contributed by atoms with E-state index in [1.54, 1.807) is 18.5 Å². The molecule has 18 nitrogen and oxygen atoms in total. The molecule has 79 heavy (non-hydrogen) atoms. The average molecular weight is 1080 g/mol. The van der Waals surface area contributed by atoms with Gasteiger partial charge in [-0.05, 0) is 150 Å². The number of aromatic hydroxyl groups is 1. The number of phenols is 1. The van der Waals surface area contributed by atoms with Gasteiger partial charge in [0.25, 0.3) is 0 Å². The number of rotatable bonds is 11. The summed E-state index contributed by atoms with van der Waals surface area (Å²) in [5.74, 6) is 1.13. The number of carbonyl (C=O) groups is 3. The number of nitrogens with one attached hydrogen (secondary N) is 1. The Bertz CT molecular complexity index is 3530. The Labute approximate surface area is 455 Å². The molecule has 12 rings (SSSR count). The number of likely N-dealkylation sites (tertiary alicyclic amines) is 2. The minimum atomic E-state index is -1.02. The Morgan fingerprint density at radius 3 is 2.49 bits per heavy atom. The molecule has 9 heterocycles. The van der Waals surface area contributed by atoms with Crippen molar-refractivity contribution in [3.05, 3.63) is 81.9 Å². The number of carbonyl (C=O) groups excluding carboxylic acids is 3. The number of aliphatic hydroxyl groups is 1. The summed E-state index contributed by atoms with van der Waals surface area (Å²) >= 11 is 0. The van der Waals surface area contributed by atoms with Crippen LogP contribution in [-0.4, -0.2) is 150 Å². The van der Waals surface area contributed by atoms with Crippen LogP contribution in [0.2, 0.25) is 0 Å². The summed E-state index contributed by atoms with van der Waals surface area (Å²) in [4.78, 5) is 74.1. The van der Waals surface area contributed by atoms with Gasteiger partial charge in [0.2, 0.25) is 11.8 Å². The van der Waals surface area contributed by atoms with Crippen molar-refractivity contribution >= 4 is 56.4 Å². The van der Waals surface area contributed by atoms with Crippen molar-refractivity contribution in [1.29, 1.82) is 0 Å². The number of aromatic nitrogens is 5. The first-order valence-electron chi connectivity index (χ1n) is 27.9. The number of pyridine rings is 1. The second-order valence-electron chi connectivity index (χ2n) is 23.2. The van der Waals surface area contributed by atoms with Gasteiger partial charge in [-0.15, -0.1) is 6.42 Å². The van der Waals surface area contributed by atoms with Crippen molar-refractivity contribution in [1.82, 2.24) is 44.1 Å². The fourth-order valence-corrected chi connectivity index (χ4v) is 13.9. The van der Waals surface area contributed by atoms with Crippen LogP contribution in [-0.2, 0) is 21.4 Å². The van der Waals surface area contributed by atoms with Crippen molar-refractivity contribution in [3.63, 3.8) is 0 Å². The molecular formula is C59H66F2N10O8. The van der Waals surface area contributed by atoms with E-state index in [4.69, 9.17) is 20.9 Å². The molecule has 3 aromatic carbocycles. The highest BCUT2D eigenvalue weighted by Crippen LogP contribution is 2.44. The van der Waals surface area contributed by atoms with E-state index in [0.29, 0.717) is 72.8 Å². The number of fused-ring (bicyclic) bond motifs is 4. The van der Waals surface area contributed by atoms with Gasteiger partial charge < -0.3 is 34.4 Å². The van der Waals surface area contributed by atoms with E-state index in [9.17, 15) is 29.4 Å². The number of ether oxygens (including phenoxy) is 2. The molecular weight excluding hydrogens is 1010 g/mol. The largest absolute Gasteiger partial charge is 0.508 e. The highest BCUT2D eigenvalue weighted by atomic mass is 19.1. The molecule has 6 saturated heterocycles. The maximum absolute atomic E-state index is 17.2. The zero-order chi connectivity index (χ0) is 54.9. The molecule has 3 aromatic heterocycles. The molecule has 3 N–H and O–H groups in total. The quantitative estimate of drug-likeness (QED) is 0.0894. The molecule has 0 aliphatic carbocycles. The molecule has 0 spiro atoms. The molecule has 4 atom stereocenters. The number of phenolic OH excluding ortho intramolecular Hbond substituents is 1. The zero-order valence-electron chi connectivity index (χ0n) is 44.7. The third kappa shape index (κ3) is 9.81. The second kappa shape index (κ2) is 20.8. The number of imide groups is 1. The number of amides is 3. The minimum absolute atomic E-state index is 0.00663. The van der Waals surface area contributed by atoms with E-state index in [0.717, 1.165) is 83.1 Å². The van der Waals surface area contributed by atoms with Gasteiger partial charge in [-0.1, -0.05) is 18.1 Å². The molecule has 6 aliphatic rings. The van der Waals surface area contributed by atoms with Gasteiger partial charge in [0, 0.05) is 69.4 Å². The Hall–Kier alpha value is -7.21. The van der Waals surface area contributed by atoms with Crippen molar-refractivity contribution < 1.29 is 42.9 Å². The number of benzene rings is 3. The monoisotopic (exact) mass is 1080 g/mol. The predicted octanol–water partition coefficient (Wildman–Crippen LogP) is 6.90. The normalized spacial score (nSPS) is 24.6. The van der Waals surface area contributed by atoms with Crippen molar-refractivity contribution in [2.24, 2.45) is 13.0 Å². The highest BCUT2D eigenvalue weighted by Gasteiger charge is 2.50. The summed E-state index contributed by atoms with van der Waals surface area (Å²) in [7, 11) is 1.73. The van der Waals surface area contributed by atoms with E-state index in [1.165, 1.54) is 40.6 Å². The molecule has 3 amide bonds. The smallest absolute Gasteiger partial charge is 0.409 e. The van der Waals surface area contributed by atoms with E-state index >= 15 is 8.78 Å². The van der Waals surface area contributed by atoms with Crippen LogP contribution in [0.1, 0.15) is 107 Å². The Morgan fingerprint density at radius 2 is 1.72 bits per heavy atom. The lowest BCUT2D eigenvalue weighted by atomic mass is 9.88. The van der Waals surface area contributed by atoms with Crippen LogP contribution in [0.5, 0.6) is 11.8 Å². The first-order chi connectivity index (χ1) is 38.1. The van der Waals surface area contributed by atoms with Crippen LogP contribution in [0.3, 0.4) is 0 Å². The molecule has 6 fully saturated rings. The molecule has 0 radical (unpaired) electrons. The number of terminal acetylenes is 1. The van der Waals surface area contributed by atoms with Gasteiger partial charge in [-0.25, -0.2) is 18.4 Å². The van der Waals surface area contributed by atoms with Gasteiger partial charge in [-0.3, -0.25) is 33.9 Å². The maximum Gasteiger partial charge on any atom is 0.409 e. The SMILES string of the molecule is C#Cc1c(F)ccc2cc(O)cc(-c3ncc4c(N5CCC[C@@](C)(O)C5)nc(OC[C@@]56CCCN5[C@H](COC(=O)N5CCC(CN7CCC(c8ccc9c(c8)n(C)c(=O)n9C8CCC(=O)NC8=O)CC7)CC5)CC6)nc4c3F)c12. The molecule has 20 heteroatoms. The van der Waals surface area contributed by atoms with Crippen molar-refractivity contribution in [2.75, 3.05) is 70.5 Å². The molecule has 1 unspecified atom stereocenters. The number of anilines is 1. The van der Waals surface area contributed by atoms with E-state index in [1.807, 2.05) is 15.9 Å². The van der Waals surface area contributed by atoms with Crippen LogP contribution in [0, 0.1) is 29.9 Å². The minimum Gasteiger partial charge on any atom is -0.508 e. The third-order valence-electron chi connectivity index (χ3n) is 18.1. The standard InChI is InChI=1S/C59H66F2N10O8/c1-4-41-44(60)9-7-38-27-40(72)29-42(49(38)41)51-50(61)52-43(30-62-51)53(69-21-5-18-58(2,77)33-69)65-55(64-52)79-34-59-19-6-22-70(59)39(13-20-59)32-78-57(76)68-25-14-35(15-26-68)31-67-23-16-36(17-24-67)37-8-10-45-47(28-37)66(3)56(75)71(45)46-11-12-48(73)63-54(46)74/h1,7-10,27-30,35-36,39,46,72,77H,5-6,11-26,31-34H2,2-3H3,(H,63,73,74)/t39-,46?,58+,59-/m0/s1. The molecule has 0 saturated carbocycles. The van der Waals surface area contributed by atoms with Crippen LogP contribution >= 0.6 is 0 Å². The van der Waals surface area contributed by atoms with Crippen LogP contribution < -0.4 is 20.6 Å². The Balaban J connectivity index is 0.664. The zero-order valence-corrected chi connectivity index (χ0v) is 44.7. The Morgan fingerprint density at radius 1 is 0.924 bits per heavy atom.